The Balaban J connectivity index is 2.74. The molecule has 0 spiro atoms. The fourth-order valence-corrected chi connectivity index (χ4v) is 1.73. The lowest BCUT2D eigenvalue weighted by Crippen LogP contribution is -2.58. The van der Waals surface area contributed by atoms with Gasteiger partial charge in [0.1, 0.15) is 0 Å². The van der Waals surface area contributed by atoms with Crippen molar-refractivity contribution in [3.63, 3.8) is 0 Å². The molecule has 1 fully saturated rings. The fourth-order valence-electron chi connectivity index (χ4n) is 1.73. The van der Waals surface area contributed by atoms with Gasteiger partial charge in [0.2, 0.25) is 0 Å². The van der Waals surface area contributed by atoms with E-state index in [9.17, 15) is 22.4 Å². The SMILES string of the molecule is CC1CN(C)CCN1C(=O)C(F)(F)C(F)F. The van der Waals surface area contributed by atoms with Gasteiger partial charge in [0.25, 0.3) is 5.91 Å². The molecular formula is C9H14F4N2O. The summed E-state index contributed by atoms with van der Waals surface area (Å²) in [6.45, 7) is 2.44. The number of carbonyl (C=O) groups excluding carboxylic acids is 1. The lowest BCUT2D eigenvalue weighted by Gasteiger charge is -2.39. The predicted octanol–water partition coefficient (Wildman–Crippen LogP) is 1.05. The molecule has 1 saturated heterocycles. The first-order valence-electron chi connectivity index (χ1n) is 4.92. The third-order valence-electron chi connectivity index (χ3n) is 2.65. The van der Waals surface area contributed by atoms with Gasteiger partial charge in [-0.3, -0.25) is 4.79 Å². The van der Waals surface area contributed by atoms with E-state index in [1.807, 2.05) is 4.90 Å². The molecule has 3 nitrogen and oxygen atoms in total. The van der Waals surface area contributed by atoms with Crippen LogP contribution in [0.15, 0.2) is 0 Å². The van der Waals surface area contributed by atoms with E-state index in [0.29, 0.717) is 13.1 Å². The number of alkyl halides is 4. The van der Waals surface area contributed by atoms with Crippen molar-refractivity contribution in [2.45, 2.75) is 25.3 Å². The highest BCUT2D eigenvalue weighted by atomic mass is 19.3. The van der Waals surface area contributed by atoms with Crippen LogP contribution in [0.4, 0.5) is 17.6 Å². The predicted molar refractivity (Wildman–Crippen MR) is 49.6 cm³/mol. The van der Waals surface area contributed by atoms with Crippen LogP contribution in [0.5, 0.6) is 0 Å². The van der Waals surface area contributed by atoms with Crippen LogP contribution in [0, 0.1) is 0 Å². The number of rotatable bonds is 2. The zero-order valence-corrected chi connectivity index (χ0v) is 9.09. The van der Waals surface area contributed by atoms with Crippen molar-refractivity contribution in [2.75, 3.05) is 26.7 Å². The van der Waals surface area contributed by atoms with E-state index in [4.69, 9.17) is 0 Å². The maximum absolute atomic E-state index is 12.8. The maximum Gasteiger partial charge on any atom is 0.383 e. The van der Waals surface area contributed by atoms with E-state index in [1.165, 1.54) is 0 Å². The number of hydrogen-bond donors (Lipinski definition) is 0. The number of piperazine rings is 1. The van der Waals surface area contributed by atoms with E-state index in [0.717, 1.165) is 4.90 Å². The zero-order chi connectivity index (χ0) is 12.5. The topological polar surface area (TPSA) is 23.6 Å². The molecule has 1 aliphatic rings. The molecule has 0 bridgehead atoms. The molecule has 0 aliphatic carbocycles. The summed E-state index contributed by atoms with van der Waals surface area (Å²) in [5.74, 6) is -6.35. The zero-order valence-electron chi connectivity index (χ0n) is 9.09. The van der Waals surface area contributed by atoms with Gasteiger partial charge in [-0.2, -0.15) is 8.78 Å². The summed E-state index contributed by atoms with van der Waals surface area (Å²) < 4.78 is 49.7. The van der Waals surface area contributed by atoms with Gasteiger partial charge in [-0.25, -0.2) is 8.78 Å². The van der Waals surface area contributed by atoms with Crippen molar-refractivity contribution in [1.29, 1.82) is 0 Å². The van der Waals surface area contributed by atoms with Crippen LogP contribution in [-0.2, 0) is 4.79 Å². The molecule has 1 heterocycles. The number of nitrogens with zero attached hydrogens (tertiary/aromatic N) is 2. The average Bonchev–Trinajstić information content (AvgIpc) is 2.16. The van der Waals surface area contributed by atoms with Crippen molar-refractivity contribution in [3.05, 3.63) is 0 Å². The van der Waals surface area contributed by atoms with Gasteiger partial charge in [-0.15, -0.1) is 0 Å². The van der Waals surface area contributed by atoms with Crippen LogP contribution in [0.2, 0.25) is 0 Å². The molecule has 1 atom stereocenters. The van der Waals surface area contributed by atoms with Gasteiger partial charge in [0.05, 0.1) is 0 Å². The summed E-state index contributed by atoms with van der Waals surface area (Å²) in [7, 11) is 1.78. The lowest BCUT2D eigenvalue weighted by molar-refractivity contribution is -0.184. The minimum Gasteiger partial charge on any atom is -0.332 e. The van der Waals surface area contributed by atoms with E-state index in [-0.39, 0.29) is 6.54 Å². The van der Waals surface area contributed by atoms with Gasteiger partial charge in [0, 0.05) is 25.7 Å². The monoisotopic (exact) mass is 242 g/mol. The Morgan fingerprint density at radius 1 is 1.38 bits per heavy atom. The Kier molecular flexibility index (Phi) is 3.77. The average molecular weight is 242 g/mol. The summed E-state index contributed by atoms with van der Waals surface area (Å²) in [6, 6.07) is -0.476. The second kappa shape index (κ2) is 4.57. The third kappa shape index (κ3) is 2.45. The first kappa shape index (κ1) is 13.2. The van der Waals surface area contributed by atoms with Crippen molar-refractivity contribution in [2.24, 2.45) is 0 Å². The summed E-state index contributed by atoms with van der Waals surface area (Å²) >= 11 is 0. The summed E-state index contributed by atoms with van der Waals surface area (Å²) in [4.78, 5) is 13.9. The molecule has 0 aromatic carbocycles. The highest BCUT2D eigenvalue weighted by Crippen LogP contribution is 2.27. The molecule has 0 radical (unpaired) electrons. The van der Waals surface area contributed by atoms with Gasteiger partial charge < -0.3 is 9.80 Å². The molecule has 0 aromatic heterocycles. The molecule has 0 aromatic rings. The largest absolute Gasteiger partial charge is 0.383 e. The quantitative estimate of drug-likeness (QED) is 0.676. The number of likely N-dealkylation sites (N-methyl/N-ethyl adjacent to an activating group) is 1. The third-order valence-corrected chi connectivity index (χ3v) is 2.65. The Bertz CT molecular complexity index is 272. The van der Waals surface area contributed by atoms with Crippen LogP contribution in [0.1, 0.15) is 6.92 Å². The molecule has 0 N–H and O–H groups in total. The number of hydrogen-bond acceptors (Lipinski definition) is 2. The molecule has 7 heteroatoms. The van der Waals surface area contributed by atoms with Crippen LogP contribution < -0.4 is 0 Å². The highest BCUT2D eigenvalue weighted by molar-refractivity contribution is 5.84. The fraction of sp³-hybridized carbons (Fsp3) is 0.889. The highest BCUT2D eigenvalue weighted by Gasteiger charge is 2.52. The first-order chi connectivity index (χ1) is 7.26. The minimum absolute atomic E-state index is 0.0544. The van der Waals surface area contributed by atoms with Crippen LogP contribution >= 0.6 is 0 Å². The van der Waals surface area contributed by atoms with Crippen LogP contribution in [-0.4, -0.2) is 60.8 Å². The Labute approximate surface area is 91.0 Å². The summed E-state index contributed by atoms with van der Waals surface area (Å²) in [5.41, 5.74) is 0. The molecule has 0 saturated carbocycles. The molecule has 1 rings (SSSR count). The second-order valence-corrected chi connectivity index (χ2v) is 4.03. The van der Waals surface area contributed by atoms with Gasteiger partial charge in [-0.1, -0.05) is 0 Å². The Morgan fingerprint density at radius 3 is 2.38 bits per heavy atom. The van der Waals surface area contributed by atoms with Crippen molar-refractivity contribution in [3.8, 4) is 0 Å². The smallest absolute Gasteiger partial charge is 0.332 e. The molecule has 1 unspecified atom stereocenters. The molecule has 1 amide bonds. The van der Waals surface area contributed by atoms with E-state index < -0.39 is 24.3 Å². The van der Waals surface area contributed by atoms with E-state index in [1.54, 1.807) is 14.0 Å². The molecule has 16 heavy (non-hydrogen) atoms. The number of halogens is 4. The van der Waals surface area contributed by atoms with E-state index in [2.05, 4.69) is 0 Å². The Morgan fingerprint density at radius 2 is 1.94 bits per heavy atom. The standard InChI is InChI=1S/C9H14F4N2O/c1-6-5-14(2)3-4-15(6)8(16)9(12,13)7(10)11/h6-7H,3-5H2,1-2H3. The van der Waals surface area contributed by atoms with Crippen LogP contribution in [0.25, 0.3) is 0 Å². The molecular weight excluding hydrogens is 228 g/mol. The van der Waals surface area contributed by atoms with E-state index >= 15 is 0 Å². The number of carbonyl (C=O) groups is 1. The summed E-state index contributed by atoms with van der Waals surface area (Å²) in [5, 5.41) is 0. The van der Waals surface area contributed by atoms with Gasteiger partial charge in [-0.05, 0) is 14.0 Å². The molecule has 1 aliphatic heterocycles. The normalized spacial score (nSPS) is 23.9. The van der Waals surface area contributed by atoms with Crippen molar-refractivity contribution < 1.29 is 22.4 Å². The lowest BCUT2D eigenvalue weighted by atomic mass is 10.1. The number of amides is 1. The summed E-state index contributed by atoms with van der Waals surface area (Å²) in [6.07, 6.45) is -3.95. The van der Waals surface area contributed by atoms with Crippen molar-refractivity contribution in [1.82, 2.24) is 9.80 Å². The first-order valence-corrected chi connectivity index (χ1v) is 4.92. The van der Waals surface area contributed by atoms with Crippen molar-refractivity contribution >= 4 is 5.91 Å². The van der Waals surface area contributed by atoms with Gasteiger partial charge >= 0.3 is 12.3 Å². The van der Waals surface area contributed by atoms with Gasteiger partial charge in [0.15, 0.2) is 0 Å². The van der Waals surface area contributed by atoms with Crippen LogP contribution in [0.3, 0.4) is 0 Å². The Hall–Kier alpha value is -0.850. The molecule has 94 valence electrons. The second-order valence-electron chi connectivity index (χ2n) is 4.03. The minimum atomic E-state index is -4.58. The maximum atomic E-state index is 12.8.